The minimum Gasteiger partial charge on any atom is -0.425 e. The lowest BCUT2D eigenvalue weighted by Gasteiger charge is -2.14. The second kappa shape index (κ2) is 5.19. The molecular weight excluding hydrogens is 269 g/mol. The van der Waals surface area contributed by atoms with Gasteiger partial charge < -0.3 is 4.74 Å². The van der Waals surface area contributed by atoms with E-state index in [2.05, 4.69) is 4.98 Å². The van der Waals surface area contributed by atoms with Gasteiger partial charge in [0.1, 0.15) is 5.75 Å². The molecular formula is C14H15F3N2O. The first kappa shape index (κ1) is 14.4. The standard InChI is InChI=1S/C14H15F3N2O/c1-9(2)19-10(3)8-18-13(19)20-12-6-4-5-11(7-12)14(15,16)17/h4-9H,1-3H3. The Bertz CT molecular complexity index is 603. The lowest BCUT2D eigenvalue weighted by molar-refractivity contribution is -0.137. The van der Waals surface area contributed by atoms with Crippen LogP contribution in [0.1, 0.15) is 31.1 Å². The summed E-state index contributed by atoms with van der Waals surface area (Å²) in [6, 6.07) is 5.16. The lowest BCUT2D eigenvalue weighted by atomic mass is 10.2. The number of hydrogen-bond donors (Lipinski definition) is 0. The van der Waals surface area contributed by atoms with Crippen LogP contribution in [0.4, 0.5) is 13.2 Å². The molecule has 1 aromatic heterocycles. The minimum atomic E-state index is -4.39. The van der Waals surface area contributed by atoms with Gasteiger partial charge in [-0.25, -0.2) is 4.98 Å². The zero-order valence-electron chi connectivity index (χ0n) is 11.4. The van der Waals surface area contributed by atoms with Gasteiger partial charge in [0.25, 0.3) is 0 Å². The molecule has 0 fully saturated rings. The molecule has 0 aliphatic rings. The van der Waals surface area contributed by atoms with E-state index in [-0.39, 0.29) is 17.8 Å². The van der Waals surface area contributed by atoms with Crippen LogP contribution in [-0.4, -0.2) is 9.55 Å². The van der Waals surface area contributed by atoms with Crippen LogP contribution in [0.25, 0.3) is 0 Å². The maximum Gasteiger partial charge on any atom is 0.416 e. The molecule has 0 bridgehead atoms. The molecule has 0 saturated carbocycles. The summed E-state index contributed by atoms with van der Waals surface area (Å²) < 4.78 is 45.2. The molecule has 2 aromatic rings. The highest BCUT2D eigenvalue weighted by atomic mass is 19.4. The van der Waals surface area contributed by atoms with Gasteiger partial charge in [-0.15, -0.1) is 0 Å². The fourth-order valence-electron chi connectivity index (χ4n) is 1.97. The molecule has 0 atom stereocenters. The Labute approximate surface area is 115 Å². The van der Waals surface area contributed by atoms with Crippen LogP contribution in [0.5, 0.6) is 11.8 Å². The molecule has 20 heavy (non-hydrogen) atoms. The first-order valence-electron chi connectivity index (χ1n) is 6.18. The molecule has 1 aromatic carbocycles. The summed E-state index contributed by atoms with van der Waals surface area (Å²) in [5.41, 5.74) is 0.149. The van der Waals surface area contributed by atoms with E-state index in [1.165, 1.54) is 12.1 Å². The van der Waals surface area contributed by atoms with Crippen LogP contribution in [0, 0.1) is 6.92 Å². The van der Waals surface area contributed by atoms with Gasteiger partial charge in [-0.2, -0.15) is 13.2 Å². The van der Waals surface area contributed by atoms with Crippen LogP contribution in [0.15, 0.2) is 30.5 Å². The van der Waals surface area contributed by atoms with Crippen molar-refractivity contribution < 1.29 is 17.9 Å². The second-order valence-corrected chi connectivity index (χ2v) is 4.77. The first-order valence-corrected chi connectivity index (χ1v) is 6.18. The summed E-state index contributed by atoms with van der Waals surface area (Å²) in [6.45, 7) is 5.77. The van der Waals surface area contributed by atoms with E-state index >= 15 is 0 Å². The molecule has 108 valence electrons. The van der Waals surface area contributed by atoms with Gasteiger partial charge in [0.2, 0.25) is 0 Å². The van der Waals surface area contributed by atoms with E-state index < -0.39 is 11.7 Å². The third-order valence-electron chi connectivity index (χ3n) is 2.83. The molecule has 0 N–H and O–H groups in total. The Hall–Kier alpha value is -1.98. The van der Waals surface area contributed by atoms with Crippen molar-refractivity contribution >= 4 is 0 Å². The van der Waals surface area contributed by atoms with Crippen molar-refractivity contribution in [2.24, 2.45) is 0 Å². The molecule has 0 saturated heterocycles. The molecule has 3 nitrogen and oxygen atoms in total. The van der Waals surface area contributed by atoms with E-state index in [4.69, 9.17) is 4.74 Å². The zero-order valence-corrected chi connectivity index (χ0v) is 11.4. The predicted molar refractivity (Wildman–Crippen MR) is 68.9 cm³/mol. The molecule has 0 spiro atoms. The van der Waals surface area contributed by atoms with Crippen LogP contribution in [-0.2, 0) is 6.18 Å². The van der Waals surface area contributed by atoms with Gasteiger partial charge >= 0.3 is 12.2 Å². The number of ether oxygens (including phenoxy) is 1. The second-order valence-electron chi connectivity index (χ2n) is 4.77. The fraction of sp³-hybridized carbons (Fsp3) is 0.357. The summed E-state index contributed by atoms with van der Waals surface area (Å²) in [4.78, 5) is 4.08. The fourth-order valence-corrected chi connectivity index (χ4v) is 1.97. The molecule has 2 rings (SSSR count). The zero-order chi connectivity index (χ0) is 14.9. The normalized spacial score (nSPS) is 11.9. The highest BCUT2D eigenvalue weighted by molar-refractivity contribution is 5.32. The summed E-state index contributed by atoms with van der Waals surface area (Å²) in [7, 11) is 0. The molecule has 0 aliphatic carbocycles. The monoisotopic (exact) mass is 284 g/mol. The van der Waals surface area contributed by atoms with E-state index in [0.29, 0.717) is 0 Å². The van der Waals surface area contributed by atoms with Crippen LogP contribution >= 0.6 is 0 Å². The third kappa shape index (κ3) is 2.95. The number of alkyl halides is 3. The largest absolute Gasteiger partial charge is 0.425 e. The summed E-state index contributed by atoms with van der Waals surface area (Å²) in [6.07, 6.45) is -2.76. The quantitative estimate of drug-likeness (QED) is 0.824. The van der Waals surface area contributed by atoms with E-state index in [1.807, 2.05) is 25.3 Å². The average Bonchev–Trinajstić information content (AvgIpc) is 2.69. The average molecular weight is 284 g/mol. The summed E-state index contributed by atoms with van der Waals surface area (Å²) in [5.74, 6) is 0.118. The SMILES string of the molecule is Cc1cnc(Oc2cccc(C(F)(F)F)c2)n1C(C)C. The number of benzene rings is 1. The molecule has 0 aliphatic heterocycles. The molecule has 0 radical (unpaired) electrons. The Kier molecular flexibility index (Phi) is 3.74. The van der Waals surface area contributed by atoms with Crippen LogP contribution in [0.2, 0.25) is 0 Å². The number of imidazole rings is 1. The smallest absolute Gasteiger partial charge is 0.416 e. The number of nitrogens with zero attached hydrogens (tertiary/aromatic N) is 2. The summed E-state index contributed by atoms with van der Waals surface area (Å²) in [5, 5.41) is 0. The minimum absolute atomic E-state index is 0.110. The van der Waals surface area contributed by atoms with Gasteiger partial charge in [0.05, 0.1) is 11.8 Å². The van der Waals surface area contributed by atoms with Gasteiger partial charge in [0.15, 0.2) is 0 Å². The van der Waals surface area contributed by atoms with Gasteiger partial charge in [-0.3, -0.25) is 4.57 Å². The van der Waals surface area contributed by atoms with Crippen molar-refractivity contribution in [2.75, 3.05) is 0 Å². The number of aromatic nitrogens is 2. The van der Waals surface area contributed by atoms with E-state index in [0.717, 1.165) is 17.8 Å². The number of aryl methyl sites for hydroxylation is 1. The van der Waals surface area contributed by atoms with Gasteiger partial charge in [0, 0.05) is 11.7 Å². The van der Waals surface area contributed by atoms with E-state index in [1.54, 1.807) is 6.20 Å². The third-order valence-corrected chi connectivity index (χ3v) is 2.83. The first-order chi connectivity index (χ1) is 9.29. The van der Waals surface area contributed by atoms with Gasteiger partial charge in [-0.1, -0.05) is 6.07 Å². The number of rotatable bonds is 3. The summed E-state index contributed by atoms with van der Waals surface area (Å²) >= 11 is 0. The van der Waals surface area contributed by atoms with Crippen molar-refractivity contribution in [3.8, 4) is 11.8 Å². The van der Waals surface area contributed by atoms with E-state index in [9.17, 15) is 13.2 Å². The molecule has 0 amide bonds. The van der Waals surface area contributed by atoms with Crippen molar-refractivity contribution in [2.45, 2.75) is 33.0 Å². The lowest BCUT2D eigenvalue weighted by Crippen LogP contribution is -2.07. The maximum absolute atomic E-state index is 12.6. The Balaban J connectivity index is 2.31. The molecule has 0 unspecified atom stereocenters. The highest BCUT2D eigenvalue weighted by Crippen LogP contribution is 2.33. The number of hydrogen-bond acceptors (Lipinski definition) is 2. The van der Waals surface area contributed by atoms with Crippen molar-refractivity contribution in [1.82, 2.24) is 9.55 Å². The van der Waals surface area contributed by atoms with Crippen molar-refractivity contribution in [3.63, 3.8) is 0 Å². The highest BCUT2D eigenvalue weighted by Gasteiger charge is 2.30. The Morgan fingerprint density at radius 3 is 2.55 bits per heavy atom. The molecule has 6 heteroatoms. The number of halogens is 3. The van der Waals surface area contributed by atoms with Crippen LogP contribution in [0.3, 0.4) is 0 Å². The Morgan fingerprint density at radius 1 is 1.25 bits per heavy atom. The predicted octanol–water partition coefficient (Wildman–Crippen LogP) is 4.58. The van der Waals surface area contributed by atoms with Crippen molar-refractivity contribution in [1.29, 1.82) is 0 Å². The maximum atomic E-state index is 12.6. The van der Waals surface area contributed by atoms with Crippen LogP contribution < -0.4 is 4.74 Å². The topological polar surface area (TPSA) is 27.1 Å². The van der Waals surface area contributed by atoms with Crippen molar-refractivity contribution in [3.05, 3.63) is 41.7 Å². The van der Waals surface area contributed by atoms with Gasteiger partial charge in [-0.05, 0) is 39.0 Å². The molecule has 1 heterocycles. The Morgan fingerprint density at radius 2 is 1.95 bits per heavy atom.